The van der Waals surface area contributed by atoms with Gasteiger partial charge in [-0.2, -0.15) is 45.3 Å². The van der Waals surface area contributed by atoms with Crippen molar-refractivity contribution in [2.24, 2.45) is 0 Å². The minimum atomic E-state index is -6.58. The summed E-state index contributed by atoms with van der Waals surface area (Å²) in [7, 11) is 0. The molecule has 0 fully saturated rings. The highest BCUT2D eigenvalue weighted by Gasteiger charge is 2.75. The molecule has 0 spiro atoms. The second kappa shape index (κ2) is 5.56. The van der Waals surface area contributed by atoms with E-state index in [-0.39, 0.29) is 11.1 Å². The maximum atomic E-state index is 14.1. The molecule has 0 saturated heterocycles. The van der Waals surface area contributed by atoms with Gasteiger partial charge in [0.15, 0.2) is 0 Å². The molecule has 0 aliphatic rings. The Bertz CT molecular complexity index is 771. The van der Waals surface area contributed by atoms with Crippen LogP contribution in [0.2, 0.25) is 0 Å². The smallest absolute Gasteiger partial charge is 0.460 e. The highest BCUT2D eigenvalue weighted by atomic mass is 19.4. The Morgan fingerprint density at radius 1 is 1.17 bits per heavy atom. The summed E-state index contributed by atoms with van der Waals surface area (Å²) in [6.07, 6.45) is -5.61. The van der Waals surface area contributed by atoms with Crippen molar-refractivity contribution in [3.05, 3.63) is 23.8 Å². The zero-order chi connectivity index (χ0) is 18.3. The molecule has 0 unspecified atom stereocenters. The number of nitrogens with zero attached hydrogens (tertiary/aromatic N) is 4. The average Bonchev–Trinajstić information content (AvgIpc) is 2.93. The Morgan fingerprint density at radius 2 is 1.79 bits per heavy atom. The average molecular weight is 360 g/mol. The second-order valence-electron chi connectivity index (χ2n) is 4.36. The third-order valence-corrected chi connectivity index (χ3v) is 2.85. The van der Waals surface area contributed by atoms with E-state index in [1.54, 1.807) is 0 Å². The number of halogens is 7. The van der Waals surface area contributed by atoms with Gasteiger partial charge in [0.25, 0.3) is 5.78 Å². The molecule has 6 nitrogen and oxygen atoms in total. The van der Waals surface area contributed by atoms with E-state index in [9.17, 15) is 35.5 Å². The van der Waals surface area contributed by atoms with Gasteiger partial charge in [-0.05, 0) is 6.92 Å². The molecule has 2 aromatic rings. The number of alkyl halides is 7. The van der Waals surface area contributed by atoms with Crippen LogP contribution in [0.4, 0.5) is 30.7 Å². The van der Waals surface area contributed by atoms with Crippen LogP contribution in [-0.4, -0.2) is 44.3 Å². The highest BCUT2D eigenvalue weighted by Crippen LogP contribution is 2.52. The van der Waals surface area contributed by atoms with Crippen LogP contribution in [0.1, 0.15) is 23.0 Å². The van der Waals surface area contributed by atoms with E-state index in [1.165, 1.54) is 6.92 Å². The molecule has 2 heterocycles. The molecule has 0 bridgehead atoms. The van der Waals surface area contributed by atoms with Crippen LogP contribution in [0.3, 0.4) is 0 Å². The molecule has 0 aliphatic carbocycles. The Kier molecular flexibility index (Phi) is 4.14. The van der Waals surface area contributed by atoms with Crippen LogP contribution in [0.25, 0.3) is 5.78 Å². The highest BCUT2D eigenvalue weighted by molar-refractivity contribution is 5.90. The van der Waals surface area contributed by atoms with E-state index < -0.39 is 41.0 Å². The van der Waals surface area contributed by atoms with Gasteiger partial charge in [0.1, 0.15) is 17.6 Å². The first-order chi connectivity index (χ1) is 10.9. The molecule has 0 saturated carbocycles. The molecule has 0 radical (unpaired) electrons. The molecule has 24 heavy (non-hydrogen) atoms. The third kappa shape index (κ3) is 2.53. The zero-order valence-corrected chi connectivity index (χ0v) is 11.6. The lowest BCUT2D eigenvalue weighted by molar-refractivity contribution is -0.360. The van der Waals surface area contributed by atoms with Crippen molar-refractivity contribution in [3.63, 3.8) is 0 Å². The first kappa shape index (κ1) is 17.9. The van der Waals surface area contributed by atoms with Gasteiger partial charge in [-0.25, -0.2) is 9.78 Å². The Labute approximate surface area is 128 Å². The fourth-order valence-corrected chi connectivity index (χ4v) is 1.77. The summed E-state index contributed by atoms with van der Waals surface area (Å²) >= 11 is 0. The Balaban J connectivity index is 2.80. The molecule has 2 rings (SSSR count). The fourth-order valence-electron chi connectivity index (χ4n) is 1.77. The van der Waals surface area contributed by atoms with Gasteiger partial charge in [0.2, 0.25) is 0 Å². The summed E-state index contributed by atoms with van der Waals surface area (Å²) in [5.41, 5.74) is -3.31. The number of hydrogen-bond donors (Lipinski definition) is 0. The second-order valence-corrected chi connectivity index (χ2v) is 4.36. The lowest BCUT2D eigenvalue weighted by Crippen LogP contribution is -2.51. The number of esters is 1. The molecule has 0 atom stereocenters. The number of hydrogen-bond acceptors (Lipinski definition) is 5. The van der Waals surface area contributed by atoms with Gasteiger partial charge in [-0.1, -0.05) is 0 Å². The van der Waals surface area contributed by atoms with Crippen LogP contribution in [0.5, 0.6) is 0 Å². The lowest BCUT2D eigenvalue weighted by atomic mass is 10.0. The van der Waals surface area contributed by atoms with Crippen LogP contribution in [0.15, 0.2) is 12.5 Å². The van der Waals surface area contributed by atoms with Gasteiger partial charge >= 0.3 is 24.0 Å². The van der Waals surface area contributed by atoms with Crippen molar-refractivity contribution in [1.82, 2.24) is 19.6 Å². The molecule has 0 N–H and O–H groups in total. The van der Waals surface area contributed by atoms with Crippen molar-refractivity contribution in [2.45, 2.75) is 24.9 Å². The van der Waals surface area contributed by atoms with E-state index in [4.69, 9.17) is 0 Å². The maximum Gasteiger partial charge on any atom is 0.460 e. The van der Waals surface area contributed by atoms with Crippen LogP contribution < -0.4 is 0 Å². The number of rotatable bonds is 4. The topological polar surface area (TPSA) is 69.4 Å². The summed E-state index contributed by atoms with van der Waals surface area (Å²) in [6, 6.07) is 0. The van der Waals surface area contributed by atoms with Gasteiger partial charge in [0, 0.05) is 6.20 Å². The predicted molar refractivity (Wildman–Crippen MR) is 61.6 cm³/mol. The van der Waals surface area contributed by atoms with E-state index in [2.05, 4.69) is 19.8 Å². The molecule has 2 aromatic heterocycles. The monoisotopic (exact) mass is 360 g/mol. The van der Waals surface area contributed by atoms with Crippen LogP contribution in [0, 0.1) is 0 Å². The van der Waals surface area contributed by atoms with Gasteiger partial charge < -0.3 is 4.74 Å². The fraction of sp³-hybridized carbons (Fsp3) is 0.455. The summed E-state index contributed by atoms with van der Waals surface area (Å²) < 4.78 is 96.5. The lowest BCUT2D eigenvalue weighted by Gasteiger charge is -2.29. The summed E-state index contributed by atoms with van der Waals surface area (Å²) in [5.74, 6) is -14.6. The molecular formula is C11H7F7N4O2. The quantitative estimate of drug-likeness (QED) is 0.619. The number of carbonyl (C=O) groups is 1. The molecule has 0 aliphatic heterocycles. The minimum Gasteiger partial charge on any atom is -0.462 e. The van der Waals surface area contributed by atoms with Crippen molar-refractivity contribution in [2.75, 3.05) is 6.61 Å². The third-order valence-electron chi connectivity index (χ3n) is 2.85. The van der Waals surface area contributed by atoms with Gasteiger partial charge in [-0.3, -0.25) is 0 Å². The largest absolute Gasteiger partial charge is 0.462 e. The predicted octanol–water partition coefficient (Wildman–Crippen LogP) is 2.59. The van der Waals surface area contributed by atoms with E-state index in [0.717, 1.165) is 0 Å². The molecular weight excluding hydrogens is 353 g/mol. The summed E-state index contributed by atoms with van der Waals surface area (Å²) in [4.78, 5) is 18.4. The van der Waals surface area contributed by atoms with Crippen LogP contribution >= 0.6 is 0 Å². The SMILES string of the molecule is CCOC(=O)c1cnc2ncnn2c1C(F)(F)C(F)(F)C(F)(F)F. The Hall–Kier alpha value is -2.47. The zero-order valence-electron chi connectivity index (χ0n) is 11.6. The standard InChI is InChI=1S/C11H7F7N4O2/c1-2-24-7(23)5-3-19-8-20-4-21-22(8)6(5)9(12,13)10(14,15)11(16,17)18/h3-4H,2H2,1H3. The normalized spacial score (nSPS) is 13.3. The first-order valence-electron chi connectivity index (χ1n) is 6.13. The van der Waals surface area contributed by atoms with Gasteiger partial charge in [-0.15, -0.1) is 0 Å². The van der Waals surface area contributed by atoms with E-state index >= 15 is 0 Å². The molecule has 132 valence electrons. The molecule has 0 aromatic carbocycles. The summed E-state index contributed by atoms with van der Waals surface area (Å²) in [6.45, 7) is 0.941. The first-order valence-corrected chi connectivity index (χ1v) is 6.13. The van der Waals surface area contributed by atoms with Crippen molar-refractivity contribution in [1.29, 1.82) is 0 Å². The van der Waals surface area contributed by atoms with Crippen molar-refractivity contribution < 1.29 is 40.3 Å². The van der Waals surface area contributed by atoms with E-state index in [1.807, 2.05) is 0 Å². The molecule has 0 amide bonds. The number of fused-ring (bicyclic) bond motifs is 1. The van der Waals surface area contributed by atoms with E-state index in [0.29, 0.717) is 12.5 Å². The van der Waals surface area contributed by atoms with Crippen molar-refractivity contribution >= 4 is 11.7 Å². The number of carbonyl (C=O) groups excluding carboxylic acids is 1. The summed E-state index contributed by atoms with van der Waals surface area (Å²) in [5, 5.41) is 3.14. The maximum absolute atomic E-state index is 14.1. The molecule has 13 heteroatoms. The number of ether oxygens (including phenoxy) is 1. The number of aromatic nitrogens is 4. The minimum absolute atomic E-state index is 0.0636. The van der Waals surface area contributed by atoms with Crippen molar-refractivity contribution in [3.8, 4) is 0 Å². The van der Waals surface area contributed by atoms with Crippen LogP contribution in [-0.2, 0) is 10.7 Å². The van der Waals surface area contributed by atoms with Gasteiger partial charge in [0.05, 0.1) is 6.61 Å². The Morgan fingerprint density at radius 3 is 2.33 bits per heavy atom.